The van der Waals surface area contributed by atoms with Gasteiger partial charge in [-0.05, 0) is 45.4 Å². The summed E-state index contributed by atoms with van der Waals surface area (Å²) in [5.41, 5.74) is 1.61. The number of aryl methyl sites for hydroxylation is 1. The van der Waals surface area contributed by atoms with E-state index in [4.69, 9.17) is 4.74 Å². The summed E-state index contributed by atoms with van der Waals surface area (Å²) in [7, 11) is 3.30. The number of nitrogens with zero attached hydrogens (tertiary/aromatic N) is 1. The van der Waals surface area contributed by atoms with Crippen LogP contribution in [0.5, 0.6) is 0 Å². The molecule has 1 heterocycles. The molecule has 1 saturated carbocycles. The molecule has 0 unspecified atom stereocenters. The Morgan fingerprint density at radius 2 is 1.85 bits per heavy atom. The van der Waals surface area contributed by atoms with Crippen molar-refractivity contribution in [2.75, 3.05) is 26.0 Å². The van der Waals surface area contributed by atoms with Gasteiger partial charge in [0.2, 0.25) is 5.91 Å². The van der Waals surface area contributed by atoms with Crippen LogP contribution in [0.25, 0.3) is 0 Å². The third-order valence-corrected chi connectivity index (χ3v) is 5.68. The zero-order chi connectivity index (χ0) is 18.7. The van der Waals surface area contributed by atoms with Gasteiger partial charge in [-0.25, -0.2) is 0 Å². The largest absolute Gasteiger partial charge is 0.468 e. The van der Waals surface area contributed by atoms with Gasteiger partial charge in [0, 0.05) is 18.3 Å². The van der Waals surface area contributed by atoms with Crippen molar-refractivity contribution in [2.24, 2.45) is 0 Å². The highest BCUT2D eigenvalue weighted by atomic mass is 16.5. The predicted molar refractivity (Wildman–Crippen MR) is 101 cm³/mol. The minimum atomic E-state index is -0.558. The molecular formula is C20H29N3O3. The Balaban J connectivity index is 1.68. The van der Waals surface area contributed by atoms with Crippen LogP contribution in [0.2, 0.25) is 0 Å². The summed E-state index contributed by atoms with van der Waals surface area (Å²) >= 11 is 0. The molecule has 26 heavy (non-hydrogen) atoms. The fourth-order valence-electron chi connectivity index (χ4n) is 4.14. The minimum absolute atomic E-state index is 0.0334. The topological polar surface area (TPSA) is 70.7 Å². The summed E-state index contributed by atoms with van der Waals surface area (Å²) in [6, 6.07) is 7.84. The van der Waals surface area contributed by atoms with Crippen LogP contribution >= 0.6 is 0 Å². The molecule has 142 valence electrons. The van der Waals surface area contributed by atoms with E-state index in [0.717, 1.165) is 31.4 Å². The molecule has 1 saturated heterocycles. The molecule has 1 aliphatic carbocycles. The van der Waals surface area contributed by atoms with Gasteiger partial charge >= 0.3 is 5.97 Å². The molecule has 6 heteroatoms. The van der Waals surface area contributed by atoms with Crippen molar-refractivity contribution < 1.29 is 14.3 Å². The summed E-state index contributed by atoms with van der Waals surface area (Å²) in [6.07, 6.45) is 4.34. The quantitative estimate of drug-likeness (QED) is 0.788. The monoisotopic (exact) mass is 359 g/mol. The minimum Gasteiger partial charge on any atom is -0.468 e. The number of likely N-dealkylation sites (N-methyl/N-ethyl adjacent to an activating group) is 1. The van der Waals surface area contributed by atoms with Crippen LogP contribution in [0, 0.1) is 6.92 Å². The number of benzene rings is 1. The Morgan fingerprint density at radius 3 is 2.46 bits per heavy atom. The van der Waals surface area contributed by atoms with Crippen LogP contribution in [0.3, 0.4) is 0 Å². The lowest BCUT2D eigenvalue weighted by atomic mass is 9.94. The molecule has 2 N–H and O–H groups in total. The molecule has 1 amide bonds. The number of likely N-dealkylation sites (tertiary alicyclic amines) is 1. The van der Waals surface area contributed by atoms with Crippen LogP contribution in [-0.4, -0.2) is 55.1 Å². The highest BCUT2D eigenvalue weighted by Crippen LogP contribution is 2.34. The Bertz CT molecular complexity index is 653. The zero-order valence-corrected chi connectivity index (χ0v) is 15.9. The van der Waals surface area contributed by atoms with Crippen molar-refractivity contribution in [3.63, 3.8) is 0 Å². The first kappa shape index (κ1) is 18.7. The first-order chi connectivity index (χ1) is 12.4. The Morgan fingerprint density at radius 1 is 1.19 bits per heavy atom. The van der Waals surface area contributed by atoms with Crippen molar-refractivity contribution in [3.05, 3.63) is 29.8 Å². The molecule has 0 aromatic heterocycles. The van der Waals surface area contributed by atoms with Gasteiger partial charge in [-0.2, -0.15) is 0 Å². The molecular weight excluding hydrogens is 330 g/mol. The number of hydrogen-bond donors (Lipinski definition) is 2. The standard InChI is InChI=1S/C20H29N3O3/c1-14-6-8-15(9-7-14)22-20(10-4-5-11-20)19(25)21-16-12-17(18(24)26-3)23(2)13-16/h6-9,16-17,22H,4-5,10-13H2,1-3H3,(H,21,25)/t16-,17-/m0/s1. The maximum atomic E-state index is 13.1. The van der Waals surface area contributed by atoms with E-state index in [1.54, 1.807) is 0 Å². The fourth-order valence-corrected chi connectivity index (χ4v) is 4.14. The Hall–Kier alpha value is -2.08. The molecule has 1 aromatic carbocycles. The van der Waals surface area contributed by atoms with Crippen LogP contribution < -0.4 is 10.6 Å². The van der Waals surface area contributed by atoms with Crippen LogP contribution in [-0.2, 0) is 14.3 Å². The van der Waals surface area contributed by atoms with Gasteiger partial charge in [0.25, 0.3) is 0 Å². The van der Waals surface area contributed by atoms with Gasteiger partial charge in [-0.1, -0.05) is 30.5 Å². The van der Waals surface area contributed by atoms with E-state index in [2.05, 4.69) is 29.7 Å². The van der Waals surface area contributed by atoms with Gasteiger partial charge < -0.3 is 15.4 Å². The molecule has 1 aromatic rings. The second-order valence-corrected chi connectivity index (χ2v) is 7.66. The summed E-state index contributed by atoms with van der Waals surface area (Å²) in [5.74, 6) is -0.197. The average molecular weight is 359 g/mol. The van der Waals surface area contributed by atoms with Gasteiger partial charge in [0.15, 0.2) is 0 Å². The van der Waals surface area contributed by atoms with E-state index in [9.17, 15) is 9.59 Å². The van der Waals surface area contributed by atoms with Crippen molar-refractivity contribution >= 4 is 17.6 Å². The van der Waals surface area contributed by atoms with Gasteiger partial charge in [0.05, 0.1) is 7.11 Å². The molecule has 2 aliphatic rings. The number of anilines is 1. The third-order valence-electron chi connectivity index (χ3n) is 5.68. The van der Waals surface area contributed by atoms with E-state index in [1.165, 1.54) is 12.7 Å². The second kappa shape index (κ2) is 7.66. The van der Waals surface area contributed by atoms with Gasteiger partial charge in [-0.15, -0.1) is 0 Å². The third kappa shape index (κ3) is 3.85. The lowest BCUT2D eigenvalue weighted by Gasteiger charge is -2.31. The first-order valence-electron chi connectivity index (χ1n) is 9.37. The second-order valence-electron chi connectivity index (χ2n) is 7.66. The number of carbonyl (C=O) groups is 2. The lowest BCUT2D eigenvalue weighted by molar-refractivity contribution is -0.145. The summed E-state index contributed by atoms with van der Waals surface area (Å²) in [5, 5.41) is 6.68. The fraction of sp³-hybridized carbons (Fsp3) is 0.600. The van der Waals surface area contributed by atoms with Crippen molar-refractivity contribution in [1.82, 2.24) is 10.2 Å². The van der Waals surface area contributed by atoms with Crippen molar-refractivity contribution in [2.45, 2.75) is 56.7 Å². The van der Waals surface area contributed by atoms with Crippen LogP contribution in [0.15, 0.2) is 24.3 Å². The van der Waals surface area contributed by atoms with E-state index >= 15 is 0 Å². The molecule has 6 nitrogen and oxygen atoms in total. The number of carbonyl (C=O) groups excluding carboxylic acids is 2. The number of methoxy groups -OCH3 is 1. The van der Waals surface area contributed by atoms with Crippen molar-refractivity contribution in [1.29, 1.82) is 0 Å². The summed E-state index contributed by atoms with van der Waals surface area (Å²) in [4.78, 5) is 26.9. The maximum absolute atomic E-state index is 13.1. The molecule has 2 atom stereocenters. The number of ether oxygens (including phenoxy) is 1. The molecule has 1 aliphatic heterocycles. The predicted octanol–water partition coefficient (Wildman–Crippen LogP) is 2.08. The smallest absolute Gasteiger partial charge is 0.323 e. The van der Waals surface area contributed by atoms with Gasteiger partial charge in [0.1, 0.15) is 11.6 Å². The number of esters is 1. The maximum Gasteiger partial charge on any atom is 0.323 e. The summed E-state index contributed by atoms with van der Waals surface area (Å²) in [6.45, 7) is 2.71. The molecule has 0 radical (unpaired) electrons. The number of amides is 1. The number of hydrogen-bond acceptors (Lipinski definition) is 5. The average Bonchev–Trinajstić information content (AvgIpc) is 3.24. The first-order valence-corrected chi connectivity index (χ1v) is 9.37. The molecule has 0 bridgehead atoms. The number of rotatable bonds is 5. The van der Waals surface area contributed by atoms with E-state index in [0.29, 0.717) is 13.0 Å². The van der Waals surface area contributed by atoms with Gasteiger partial charge in [-0.3, -0.25) is 14.5 Å². The van der Waals surface area contributed by atoms with Crippen molar-refractivity contribution in [3.8, 4) is 0 Å². The highest BCUT2D eigenvalue weighted by Gasteiger charge is 2.44. The number of nitrogens with one attached hydrogen (secondary N) is 2. The lowest BCUT2D eigenvalue weighted by Crippen LogP contribution is -2.53. The Labute approximate surface area is 155 Å². The Kier molecular flexibility index (Phi) is 5.51. The van der Waals surface area contributed by atoms with E-state index in [-0.39, 0.29) is 24.0 Å². The van der Waals surface area contributed by atoms with Crippen LogP contribution in [0.4, 0.5) is 5.69 Å². The summed E-state index contributed by atoms with van der Waals surface area (Å²) < 4.78 is 4.86. The zero-order valence-electron chi connectivity index (χ0n) is 15.9. The SMILES string of the molecule is COC(=O)[C@@H]1C[C@H](NC(=O)C2(Nc3ccc(C)cc3)CCCC2)CN1C. The highest BCUT2D eigenvalue weighted by molar-refractivity contribution is 5.90. The normalized spacial score (nSPS) is 25.0. The molecule has 0 spiro atoms. The van der Waals surface area contributed by atoms with E-state index < -0.39 is 5.54 Å². The molecule has 3 rings (SSSR count). The van der Waals surface area contributed by atoms with Crippen LogP contribution in [0.1, 0.15) is 37.7 Å². The van der Waals surface area contributed by atoms with E-state index in [1.807, 2.05) is 24.1 Å². The molecule has 2 fully saturated rings.